The molecule has 0 amide bonds. The molecule has 0 radical (unpaired) electrons. The van der Waals surface area contributed by atoms with E-state index in [1.54, 1.807) is 0 Å². The summed E-state index contributed by atoms with van der Waals surface area (Å²) in [6.07, 6.45) is 0. The van der Waals surface area contributed by atoms with Crippen LogP contribution in [0.25, 0.3) is 95.0 Å². The highest BCUT2D eigenvalue weighted by atomic mass is 15.2. The normalized spacial score (nSPS) is 13.0. The first-order valence-corrected chi connectivity index (χ1v) is 21.2. The molecule has 0 saturated heterocycles. The van der Waals surface area contributed by atoms with Gasteiger partial charge in [-0.1, -0.05) is 194 Å². The summed E-state index contributed by atoms with van der Waals surface area (Å²) in [5.41, 5.74) is 18.6. The van der Waals surface area contributed by atoms with Crippen molar-refractivity contribution in [2.24, 2.45) is 0 Å². The first-order chi connectivity index (χ1) is 30.7. The summed E-state index contributed by atoms with van der Waals surface area (Å²) in [5, 5.41) is 2.29. The van der Waals surface area contributed by atoms with Gasteiger partial charge < -0.3 is 0 Å². The maximum Gasteiger partial charge on any atom is 0.238 e. The second-order valence-corrected chi connectivity index (χ2v) is 16.3. The molecule has 13 rings (SSSR count). The highest BCUT2D eigenvalue weighted by molar-refractivity contribution is 6.10. The lowest BCUT2D eigenvalue weighted by Gasteiger charge is -2.30. The molecule has 0 N–H and O–H groups in total. The minimum atomic E-state index is -0.416. The van der Waals surface area contributed by atoms with Gasteiger partial charge in [0.05, 0.1) is 16.4 Å². The number of aromatic nitrogens is 4. The number of nitrogens with zero attached hydrogens (tertiary/aromatic N) is 4. The van der Waals surface area contributed by atoms with Crippen LogP contribution in [-0.2, 0) is 5.41 Å². The third kappa shape index (κ3) is 4.98. The maximum absolute atomic E-state index is 5.31. The fraction of sp³-hybridized carbons (Fsp3) is 0.0172. The first kappa shape index (κ1) is 34.6. The Labute approximate surface area is 359 Å². The molecular formula is C58H36N4. The lowest BCUT2D eigenvalue weighted by molar-refractivity contribution is 0.794. The van der Waals surface area contributed by atoms with E-state index in [0.29, 0.717) is 17.6 Å². The summed E-state index contributed by atoms with van der Waals surface area (Å²) < 4.78 is 2.22. The Morgan fingerprint density at radius 2 is 0.774 bits per heavy atom. The fourth-order valence-electron chi connectivity index (χ4n) is 10.4. The minimum Gasteiger partial charge on any atom is -0.278 e. The highest BCUT2D eigenvalue weighted by Gasteiger charge is 2.51. The van der Waals surface area contributed by atoms with Gasteiger partial charge in [0.25, 0.3) is 0 Å². The van der Waals surface area contributed by atoms with E-state index < -0.39 is 5.41 Å². The molecule has 4 nitrogen and oxygen atoms in total. The van der Waals surface area contributed by atoms with Crippen molar-refractivity contribution in [1.29, 1.82) is 0 Å². The van der Waals surface area contributed by atoms with Gasteiger partial charge in [-0.3, -0.25) is 4.57 Å². The summed E-state index contributed by atoms with van der Waals surface area (Å²) in [6.45, 7) is 0. The van der Waals surface area contributed by atoms with E-state index >= 15 is 0 Å². The van der Waals surface area contributed by atoms with E-state index in [1.807, 2.05) is 24.3 Å². The van der Waals surface area contributed by atoms with Gasteiger partial charge in [-0.15, -0.1) is 0 Å². The van der Waals surface area contributed by atoms with Gasteiger partial charge in [0.2, 0.25) is 5.95 Å². The van der Waals surface area contributed by atoms with Crippen LogP contribution in [0.5, 0.6) is 0 Å². The molecule has 0 atom stereocenters. The van der Waals surface area contributed by atoms with E-state index in [2.05, 4.69) is 199 Å². The van der Waals surface area contributed by atoms with Crippen molar-refractivity contribution in [3.05, 3.63) is 241 Å². The van der Waals surface area contributed by atoms with Gasteiger partial charge in [0.15, 0.2) is 11.6 Å². The van der Waals surface area contributed by atoms with Crippen molar-refractivity contribution in [3.63, 3.8) is 0 Å². The molecule has 1 spiro atoms. The molecule has 2 aromatic heterocycles. The molecular weight excluding hydrogens is 753 g/mol. The highest BCUT2D eigenvalue weighted by Crippen LogP contribution is 2.63. The number of hydrogen-bond acceptors (Lipinski definition) is 3. The molecule has 11 aromatic rings. The zero-order valence-corrected chi connectivity index (χ0v) is 33.6. The smallest absolute Gasteiger partial charge is 0.238 e. The number of hydrogen-bond donors (Lipinski definition) is 0. The maximum atomic E-state index is 5.31. The lowest BCUT2D eigenvalue weighted by atomic mass is 9.70. The van der Waals surface area contributed by atoms with E-state index in [4.69, 9.17) is 15.0 Å². The molecule has 0 unspecified atom stereocenters. The van der Waals surface area contributed by atoms with E-state index in [-0.39, 0.29) is 0 Å². The van der Waals surface area contributed by atoms with Gasteiger partial charge in [0.1, 0.15) is 0 Å². The number of benzene rings is 9. The van der Waals surface area contributed by atoms with Gasteiger partial charge >= 0.3 is 0 Å². The van der Waals surface area contributed by atoms with Crippen LogP contribution in [-0.4, -0.2) is 19.5 Å². The Morgan fingerprint density at radius 3 is 1.47 bits per heavy atom. The Bertz CT molecular complexity index is 3520. The second kappa shape index (κ2) is 13.4. The standard InChI is InChI=1S/C58H36N4/c1-3-16-37(17-4-1)39-20-15-21-42(34-39)56-59-55(38-18-5-2-6-19-38)60-57(61-56)62-53-29-14-10-25-47(53)48-33-31-41(36-54(48)62)40-30-32-46-45-24-9-13-28-51(45)58(52(46)35-40)49-26-11-7-22-43(49)44-23-8-12-27-50(44)58/h1-36H. The Morgan fingerprint density at radius 1 is 0.290 bits per heavy atom. The molecule has 0 fully saturated rings. The number of fused-ring (bicyclic) bond motifs is 13. The molecule has 0 aliphatic heterocycles. The van der Waals surface area contributed by atoms with Crippen molar-refractivity contribution in [1.82, 2.24) is 19.5 Å². The van der Waals surface area contributed by atoms with Crippen molar-refractivity contribution in [2.75, 3.05) is 0 Å². The molecule has 2 aliphatic carbocycles. The van der Waals surface area contributed by atoms with Crippen molar-refractivity contribution in [2.45, 2.75) is 5.41 Å². The topological polar surface area (TPSA) is 43.6 Å². The third-order valence-corrected chi connectivity index (χ3v) is 13.1. The minimum absolute atomic E-state index is 0.416. The zero-order chi connectivity index (χ0) is 40.8. The molecule has 288 valence electrons. The molecule has 9 aromatic carbocycles. The average Bonchev–Trinajstić information content (AvgIpc) is 3.96. The summed E-state index contributed by atoms with van der Waals surface area (Å²) in [4.78, 5) is 15.7. The van der Waals surface area contributed by atoms with Gasteiger partial charge in [-0.2, -0.15) is 9.97 Å². The van der Waals surface area contributed by atoms with Gasteiger partial charge in [0, 0.05) is 21.9 Å². The SMILES string of the molecule is c1ccc(-c2cccc(-c3nc(-c4ccccc4)nc(-n4c5ccccc5c5ccc(-c6ccc7c(c6)C6(c8ccccc8-c8ccccc86)c6ccccc6-7)cc54)n3)c2)cc1. The molecule has 2 heterocycles. The molecule has 62 heavy (non-hydrogen) atoms. The monoisotopic (exact) mass is 788 g/mol. The second-order valence-electron chi connectivity index (χ2n) is 16.3. The molecule has 0 saturated carbocycles. The third-order valence-electron chi connectivity index (χ3n) is 13.1. The summed E-state index contributed by atoms with van der Waals surface area (Å²) in [5.74, 6) is 1.82. The Kier molecular flexibility index (Phi) is 7.49. The molecule has 0 bridgehead atoms. The van der Waals surface area contributed by atoms with Crippen LogP contribution in [0.4, 0.5) is 0 Å². The van der Waals surface area contributed by atoms with E-state index in [9.17, 15) is 0 Å². The van der Waals surface area contributed by atoms with Crippen molar-refractivity contribution in [3.8, 4) is 73.2 Å². The van der Waals surface area contributed by atoms with Crippen molar-refractivity contribution < 1.29 is 0 Å². The van der Waals surface area contributed by atoms with E-state index in [1.165, 1.54) is 44.5 Å². The largest absolute Gasteiger partial charge is 0.278 e. The Hall–Kier alpha value is -8.21. The van der Waals surface area contributed by atoms with Crippen LogP contribution in [0.3, 0.4) is 0 Å². The van der Waals surface area contributed by atoms with Crippen LogP contribution >= 0.6 is 0 Å². The van der Waals surface area contributed by atoms with Crippen LogP contribution in [0.1, 0.15) is 22.3 Å². The van der Waals surface area contributed by atoms with Crippen molar-refractivity contribution >= 4 is 21.8 Å². The summed E-state index contributed by atoms with van der Waals surface area (Å²) in [7, 11) is 0. The lowest BCUT2D eigenvalue weighted by Crippen LogP contribution is -2.25. The summed E-state index contributed by atoms with van der Waals surface area (Å²) >= 11 is 0. The first-order valence-electron chi connectivity index (χ1n) is 21.2. The quantitative estimate of drug-likeness (QED) is 0.174. The van der Waals surface area contributed by atoms with Gasteiger partial charge in [-0.25, -0.2) is 4.98 Å². The Balaban J connectivity index is 1.03. The zero-order valence-electron chi connectivity index (χ0n) is 33.6. The number of rotatable bonds is 5. The molecule has 4 heteroatoms. The van der Waals surface area contributed by atoms with Crippen LogP contribution in [0.15, 0.2) is 218 Å². The van der Waals surface area contributed by atoms with E-state index in [0.717, 1.165) is 55.2 Å². The number of para-hydroxylation sites is 1. The predicted octanol–water partition coefficient (Wildman–Crippen LogP) is 14.0. The summed E-state index contributed by atoms with van der Waals surface area (Å²) in [6, 6.07) is 78.6. The molecule has 2 aliphatic rings. The average molecular weight is 789 g/mol. The fourth-order valence-corrected chi connectivity index (χ4v) is 10.4. The van der Waals surface area contributed by atoms with Gasteiger partial charge in [-0.05, 0) is 91.0 Å². The van der Waals surface area contributed by atoms with Crippen LogP contribution in [0, 0.1) is 0 Å². The van der Waals surface area contributed by atoms with Crippen LogP contribution < -0.4 is 0 Å². The predicted molar refractivity (Wildman–Crippen MR) is 252 cm³/mol. The van der Waals surface area contributed by atoms with Crippen LogP contribution in [0.2, 0.25) is 0 Å².